The van der Waals surface area contributed by atoms with Crippen LogP contribution in [0.25, 0.3) is 0 Å². The van der Waals surface area contributed by atoms with E-state index >= 15 is 0 Å². The molecule has 3 N–H and O–H groups in total. The lowest BCUT2D eigenvalue weighted by Gasteiger charge is -2.12. The Hall–Kier alpha value is -1.62. The third-order valence-electron chi connectivity index (χ3n) is 1.72. The summed E-state index contributed by atoms with van der Waals surface area (Å²) < 4.78 is 12.8. The zero-order chi connectivity index (χ0) is 10.7. The summed E-state index contributed by atoms with van der Waals surface area (Å²) >= 11 is 0. The molecule has 4 nitrogen and oxygen atoms in total. The Balaban J connectivity index is 2.89. The maximum atomic E-state index is 12.8. The summed E-state index contributed by atoms with van der Waals surface area (Å²) in [5, 5.41) is 26.5. The maximum Gasteiger partial charge on any atom is 0.341 e. The van der Waals surface area contributed by atoms with Gasteiger partial charge < -0.3 is 15.3 Å². The second kappa shape index (κ2) is 4.06. The van der Waals surface area contributed by atoms with Gasteiger partial charge in [0.1, 0.15) is 11.9 Å². The summed E-state index contributed by atoms with van der Waals surface area (Å²) in [6, 6.07) is 5.17. The monoisotopic (exact) mass is 200 g/mol. The molecular formula is C9H9FO4. The van der Waals surface area contributed by atoms with E-state index in [0.717, 1.165) is 6.07 Å². The first kappa shape index (κ1) is 10.5. The summed E-state index contributed by atoms with van der Waals surface area (Å²) in [6.45, 7) is 0. The van der Waals surface area contributed by atoms with Crippen LogP contribution in [0.5, 0.6) is 5.75 Å². The number of hydrogen-bond donors (Lipinski definition) is 3. The standard InChI is InChI=1S/C9H9FO4/c10-7(9(13)14)8(12)5-2-1-3-6(11)4-5/h1-4,7-8,11-12H,(H,13,14). The molecule has 2 atom stereocenters. The molecule has 14 heavy (non-hydrogen) atoms. The van der Waals surface area contributed by atoms with Crippen molar-refractivity contribution in [2.75, 3.05) is 0 Å². The van der Waals surface area contributed by atoms with Crippen LogP contribution in [0.15, 0.2) is 24.3 Å². The van der Waals surface area contributed by atoms with Crippen LogP contribution in [-0.4, -0.2) is 27.5 Å². The van der Waals surface area contributed by atoms with Gasteiger partial charge in [0, 0.05) is 0 Å². The lowest BCUT2D eigenvalue weighted by atomic mass is 10.1. The van der Waals surface area contributed by atoms with E-state index in [9.17, 15) is 14.3 Å². The minimum absolute atomic E-state index is 0.0277. The number of alkyl halides is 1. The van der Waals surface area contributed by atoms with Gasteiger partial charge in [0.2, 0.25) is 6.17 Å². The van der Waals surface area contributed by atoms with Gasteiger partial charge in [-0.3, -0.25) is 0 Å². The van der Waals surface area contributed by atoms with Crippen LogP contribution < -0.4 is 0 Å². The normalized spacial score (nSPS) is 14.7. The van der Waals surface area contributed by atoms with Crippen molar-refractivity contribution >= 4 is 5.97 Å². The van der Waals surface area contributed by atoms with Gasteiger partial charge in [-0.2, -0.15) is 0 Å². The highest BCUT2D eigenvalue weighted by Crippen LogP contribution is 2.22. The van der Waals surface area contributed by atoms with Gasteiger partial charge in [0.05, 0.1) is 0 Å². The van der Waals surface area contributed by atoms with E-state index in [1.807, 2.05) is 0 Å². The molecule has 2 unspecified atom stereocenters. The molecule has 0 aliphatic rings. The third kappa shape index (κ3) is 2.20. The van der Waals surface area contributed by atoms with Crippen molar-refractivity contribution in [2.24, 2.45) is 0 Å². The quantitative estimate of drug-likeness (QED) is 0.675. The molecule has 0 aliphatic carbocycles. The summed E-state index contributed by atoms with van der Waals surface area (Å²) in [6.07, 6.45) is -4.16. The van der Waals surface area contributed by atoms with Crippen LogP contribution in [-0.2, 0) is 4.79 Å². The molecule has 0 aliphatic heterocycles. The highest BCUT2D eigenvalue weighted by Gasteiger charge is 2.27. The predicted octanol–water partition coefficient (Wildman–Crippen LogP) is 0.848. The van der Waals surface area contributed by atoms with Crippen molar-refractivity contribution in [1.82, 2.24) is 0 Å². The number of carbonyl (C=O) groups is 1. The Kier molecular flexibility index (Phi) is 3.03. The molecule has 1 aromatic rings. The van der Waals surface area contributed by atoms with Crippen molar-refractivity contribution in [3.05, 3.63) is 29.8 Å². The molecule has 5 heteroatoms. The highest BCUT2D eigenvalue weighted by molar-refractivity contribution is 5.73. The average Bonchev–Trinajstić information content (AvgIpc) is 2.15. The molecule has 1 aromatic carbocycles. The zero-order valence-electron chi connectivity index (χ0n) is 7.09. The van der Waals surface area contributed by atoms with Gasteiger partial charge in [0.25, 0.3) is 0 Å². The van der Waals surface area contributed by atoms with Gasteiger partial charge in [-0.05, 0) is 17.7 Å². The molecule has 1 rings (SSSR count). The Morgan fingerprint density at radius 1 is 1.43 bits per heavy atom. The summed E-state index contributed by atoms with van der Waals surface area (Å²) in [4.78, 5) is 10.2. The van der Waals surface area contributed by atoms with Crippen molar-refractivity contribution in [3.8, 4) is 5.75 Å². The lowest BCUT2D eigenvalue weighted by molar-refractivity contribution is -0.147. The Bertz CT molecular complexity index is 339. The van der Waals surface area contributed by atoms with E-state index in [1.165, 1.54) is 18.2 Å². The van der Waals surface area contributed by atoms with E-state index in [1.54, 1.807) is 0 Å². The van der Waals surface area contributed by atoms with Gasteiger partial charge in [0.15, 0.2) is 0 Å². The average molecular weight is 200 g/mol. The highest BCUT2D eigenvalue weighted by atomic mass is 19.1. The number of rotatable bonds is 3. The third-order valence-corrected chi connectivity index (χ3v) is 1.72. The van der Waals surface area contributed by atoms with E-state index in [4.69, 9.17) is 10.2 Å². The Morgan fingerprint density at radius 2 is 2.07 bits per heavy atom. The molecule has 76 valence electrons. The van der Waals surface area contributed by atoms with E-state index in [2.05, 4.69) is 0 Å². The molecule has 0 fully saturated rings. The molecule has 0 saturated carbocycles. The number of carboxylic acids is 1. The fraction of sp³-hybridized carbons (Fsp3) is 0.222. The van der Waals surface area contributed by atoms with Crippen LogP contribution in [0, 0.1) is 0 Å². The second-order valence-electron chi connectivity index (χ2n) is 2.78. The fourth-order valence-corrected chi connectivity index (χ4v) is 1.01. The number of phenols is 1. The number of aliphatic hydroxyl groups is 1. The van der Waals surface area contributed by atoms with Crippen molar-refractivity contribution in [3.63, 3.8) is 0 Å². The first-order valence-electron chi connectivity index (χ1n) is 3.86. The van der Waals surface area contributed by atoms with Gasteiger partial charge in [-0.15, -0.1) is 0 Å². The number of phenolic OH excluding ortho intramolecular Hbond substituents is 1. The van der Waals surface area contributed by atoms with E-state index in [0.29, 0.717) is 0 Å². The van der Waals surface area contributed by atoms with E-state index < -0.39 is 18.2 Å². The minimum Gasteiger partial charge on any atom is -0.508 e. The largest absolute Gasteiger partial charge is 0.508 e. The fourth-order valence-electron chi connectivity index (χ4n) is 1.01. The number of aliphatic carboxylic acids is 1. The smallest absolute Gasteiger partial charge is 0.341 e. The van der Waals surface area contributed by atoms with Crippen LogP contribution in [0.3, 0.4) is 0 Å². The van der Waals surface area contributed by atoms with Gasteiger partial charge >= 0.3 is 5.97 Å². The van der Waals surface area contributed by atoms with Crippen molar-refractivity contribution in [1.29, 1.82) is 0 Å². The Morgan fingerprint density at radius 3 is 2.57 bits per heavy atom. The molecule has 0 bridgehead atoms. The van der Waals surface area contributed by atoms with E-state index in [-0.39, 0.29) is 11.3 Å². The van der Waals surface area contributed by atoms with Gasteiger partial charge in [-0.25, -0.2) is 9.18 Å². The summed E-state index contributed by atoms with van der Waals surface area (Å²) in [7, 11) is 0. The number of benzene rings is 1. The zero-order valence-corrected chi connectivity index (χ0v) is 7.09. The topological polar surface area (TPSA) is 77.8 Å². The SMILES string of the molecule is O=C(O)C(F)C(O)c1cccc(O)c1. The van der Waals surface area contributed by atoms with Crippen LogP contribution >= 0.6 is 0 Å². The van der Waals surface area contributed by atoms with Crippen molar-refractivity contribution < 1.29 is 24.5 Å². The first-order chi connectivity index (χ1) is 6.52. The molecule has 0 radical (unpaired) electrons. The molecule has 0 saturated heterocycles. The van der Waals surface area contributed by atoms with Crippen molar-refractivity contribution in [2.45, 2.75) is 12.3 Å². The van der Waals surface area contributed by atoms with Crippen LogP contribution in [0.4, 0.5) is 4.39 Å². The van der Waals surface area contributed by atoms with Crippen LogP contribution in [0.1, 0.15) is 11.7 Å². The molecule has 0 amide bonds. The summed E-state index contributed by atoms with van der Waals surface area (Å²) in [5.41, 5.74) is 0.0277. The molecule has 0 heterocycles. The number of aromatic hydroxyl groups is 1. The van der Waals surface area contributed by atoms with Crippen LogP contribution in [0.2, 0.25) is 0 Å². The molecular weight excluding hydrogens is 191 g/mol. The van der Waals surface area contributed by atoms with Gasteiger partial charge in [-0.1, -0.05) is 12.1 Å². The molecule has 0 aromatic heterocycles. The first-order valence-corrected chi connectivity index (χ1v) is 3.86. The Labute approximate surface area is 79.2 Å². The maximum absolute atomic E-state index is 12.8. The number of carboxylic acid groups (broad SMARTS) is 1. The predicted molar refractivity (Wildman–Crippen MR) is 45.6 cm³/mol. The molecule has 0 spiro atoms. The number of halogens is 1. The lowest BCUT2D eigenvalue weighted by Crippen LogP contribution is -2.23. The number of hydrogen-bond acceptors (Lipinski definition) is 3. The number of aliphatic hydroxyl groups excluding tert-OH is 1. The summed E-state index contributed by atoms with van der Waals surface area (Å²) in [5.74, 6) is -1.89. The minimum atomic E-state index is -2.39. The second-order valence-corrected chi connectivity index (χ2v) is 2.78.